The van der Waals surface area contributed by atoms with Gasteiger partial charge in [0, 0.05) is 24.7 Å². The molecule has 1 aliphatic rings. The molecule has 1 aromatic heterocycles. The van der Waals surface area contributed by atoms with Crippen molar-refractivity contribution in [1.29, 1.82) is 0 Å². The molecule has 4 heteroatoms. The van der Waals surface area contributed by atoms with Crippen LogP contribution in [0.5, 0.6) is 0 Å². The zero-order valence-electron chi connectivity index (χ0n) is 10.3. The second kappa shape index (κ2) is 4.37. The normalized spacial score (nSPS) is 24.4. The van der Waals surface area contributed by atoms with Gasteiger partial charge < -0.3 is 10.2 Å². The number of nitrogens with zero attached hydrogens (tertiary/aromatic N) is 3. The molecule has 1 saturated heterocycles. The van der Waals surface area contributed by atoms with Crippen molar-refractivity contribution in [3.05, 3.63) is 18.7 Å². The summed E-state index contributed by atoms with van der Waals surface area (Å²) in [7, 11) is 0. The first-order valence-corrected chi connectivity index (χ1v) is 5.89. The zero-order valence-corrected chi connectivity index (χ0v) is 10.3. The molecule has 1 unspecified atom stereocenters. The van der Waals surface area contributed by atoms with Crippen LogP contribution in [0.1, 0.15) is 27.2 Å². The minimum Gasteiger partial charge on any atom is -0.363 e. The molecule has 0 amide bonds. The van der Waals surface area contributed by atoms with E-state index in [1.54, 1.807) is 6.33 Å². The highest BCUT2D eigenvalue weighted by Gasteiger charge is 2.31. The van der Waals surface area contributed by atoms with Gasteiger partial charge in [-0.15, -0.1) is 0 Å². The van der Waals surface area contributed by atoms with Gasteiger partial charge in [0.25, 0.3) is 0 Å². The summed E-state index contributed by atoms with van der Waals surface area (Å²) in [5.41, 5.74) is 1.28. The van der Waals surface area contributed by atoms with E-state index in [0.717, 1.165) is 25.2 Å². The summed E-state index contributed by atoms with van der Waals surface area (Å²) < 4.78 is 0. The van der Waals surface area contributed by atoms with Crippen LogP contribution in [0.3, 0.4) is 0 Å². The molecule has 0 aliphatic carbocycles. The molecular formula is C12H20N4. The predicted octanol–water partition coefficient (Wildman–Crippen LogP) is 1.44. The van der Waals surface area contributed by atoms with E-state index in [1.165, 1.54) is 0 Å². The Morgan fingerprint density at radius 2 is 2.12 bits per heavy atom. The molecule has 1 atom stereocenters. The second-order valence-corrected chi connectivity index (χ2v) is 5.05. The average molecular weight is 220 g/mol. The fourth-order valence-electron chi connectivity index (χ4n) is 2.22. The molecule has 0 aromatic carbocycles. The van der Waals surface area contributed by atoms with Gasteiger partial charge in [-0.3, -0.25) is 0 Å². The van der Waals surface area contributed by atoms with Crippen LogP contribution >= 0.6 is 0 Å². The molecule has 0 bridgehead atoms. The van der Waals surface area contributed by atoms with E-state index in [2.05, 4.69) is 41.0 Å². The van der Waals surface area contributed by atoms with Crippen molar-refractivity contribution in [2.45, 2.75) is 38.8 Å². The molecule has 0 radical (unpaired) electrons. The molecule has 16 heavy (non-hydrogen) atoms. The van der Waals surface area contributed by atoms with Gasteiger partial charge >= 0.3 is 0 Å². The molecule has 88 valence electrons. The van der Waals surface area contributed by atoms with Crippen LogP contribution in [0.4, 0.5) is 5.69 Å². The van der Waals surface area contributed by atoms with Gasteiger partial charge in [0.2, 0.25) is 0 Å². The maximum atomic E-state index is 4.10. The Hall–Kier alpha value is -1.16. The van der Waals surface area contributed by atoms with Crippen LogP contribution in [0.15, 0.2) is 18.7 Å². The van der Waals surface area contributed by atoms with Gasteiger partial charge in [-0.25, -0.2) is 9.97 Å². The number of hydrogen-bond acceptors (Lipinski definition) is 4. The Kier molecular flexibility index (Phi) is 3.10. The molecule has 0 spiro atoms. The monoisotopic (exact) mass is 220 g/mol. The summed E-state index contributed by atoms with van der Waals surface area (Å²) in [5.74, 6) is 0. The Balaban J connectivity index is 2.22. The van der Waals surface area contributed by atoms with Gasteiger partial charge in [-0.1, -0.05) is 6.92 Å². The zero-order chi connectivity index (χ0) is 11.6. The van der Waals surface area contributed by atoms with Gasteiger partial charge in [-0.2, -0.15) is 0 Å². The second-order valence-electron chi connectivity index (χ2n) is 5.05. The highest BCUT2D eigenvalue weighted by Crippen LogP contribution is 2.23. The van der Waals surface area contributed by atoms with Crippen LogP contribution in [-0.4, -0.2) is 34.6 Å². The van der Waals surface area contributed by atoms with Crippen LogP contribution in [0.2, 0.25) is 0 Å². The minimum atomic E-state index is 0.154. The predicted molar refractivity (Wildman–Crippen MR) is 65.5 cm³/mol. The molecule has 1 aromatic rings. The number of rotatable bonds is 2. The molecule has 0 saturated carbocycles. The van der Waals surface area contributed by atoms with E-state index < -0.39 is 0 Å². The Morgan fingerprint density at radius 1 is 1.44 bits per heavy atom. The Labute approximate surface area is 97.1 Å². The molecule has 1 fully saturated rings. The van der Waals surface area contributed by atoms with E-state index in [4.69, 9.17) is 0 Å². The van der Waals surface area contributed by atoms with Crippen molar-refractivity contribution < 1.29 is 0 Å². The van der Waals surface area contributed by atoms with Gasteiger partial charge in [-0.05, 0) is 20.3 Å². The largest absolute Gasteiger partial charge is 0.363 e. The fraction of sp³-hybridized carbons (Fsp3) is 0.667. The summed E-state index contributed by atoms with van der Waals surface area (Å²) in [6.45, 7) is 8.71. The number of aromatic nitrogens is 2. The van der Waals surface area contributed by atoms with E-state index in [1.807, 2.05) is 12.4 Å². The molecule has 4 nitrogen and oxygen atoms in total. The topological polar surface area (TPSA) is 41.0 Å². The minimum absolute atomic E-state index is 0.154. The van der Waals surface area contributed by atoms with Crippen molar-refractivity contribution in [2.24, 2.45) is 0 Å². The number of hydrogen-bond donors (Lipinski definition) is 1. The first kappa shape index (κ1) is 11.3. The standard InChI is InChI=1S/C12H20N4/c1-4-10-7-15-12(2,3)8-16(10)11-5-13-9-14-6-11/h5-6,9-10,15H,4,7-8H2,1-3H3. The molecule has 2 heterocycles. The molecular weight excluding hydrogens is 200 g/mol. The van der Waals surface area contributed by atoms with Crippen molar-refractivity contribution in [3.8, 4) is 0 Å². The summed E-state index contributed by atoms with van der Waals surface area (Å²) in [4.78, 5) is 10.6. The highest BCUT2D eigenvalue weighted by atomic mass is 15.3. The number of anilines is 1. The smallest absolute Gasteiger partial charge is 0.115 e. The van der Waals surface area contributed by atoms with Crippen molar-refractivity contribution in [2.75, 3.05) is 18.0 Å². The van der Waals surface area contributed by atoms with Crippen molar-refractivity contribution in [1.82, 2.24) is 15.3 Å². The van der Waals surface area contributed by atoms with Crippen molar-refractivity contribution in [3.63, 3.8) is 0 Å². The fourth-order valence-corrected chi connectivity index (χ4v) is 2.22. The quantitative estimate of drug-likeness (QED) is 0.819. The lowest BCUT2D eigenvalue weighted by Crippen LogP contribution is -2.61. The Morgan fingerprint density at radius 3 is 2.75 bits per heavy atom. The van der Waals surface area contributed by atoms with E-state index in [0.29, 0.717) is 6.04 Å². The van der Waals surface area contributed by atoms with Crippen LogP contribution < -0.4 is 10.2 Å². The first-order chi connectivity index (χ1) is 7.62. The van der Waals surface area contributed by atoms with Gasteiger partial charge in [0.15, 0.2) is 0 Å². The van der Waals surface area contributed by atoms with Crippen LogP contribution in [0, 0.1) is 0 Å². The van der Waals surface area contributed by atoms with Gasteiger partial charge in [0.05, 0.1) is 18.1 Å². The van der Waals surface area contributed by atoms with Crippen LogP contribution in [0.25, 0.3) is 0 Å². The molecule has 1 N–H and O–H groups in total. The first-order valence-electron chi connectivity index (χ1n) is 5.89. The van der Waals surface area contributed by atoms with Crippen LogP contribution in [-0.2, 0) is 0 Å². The van der Waals surface area contributed by atoms with E-state index >= 15 is 0 Å². The lowest BCUT2D eigenvalue weighted by molar-refractivity contribution is 0.306. The average Bonchev–Trinajstić information content (AvgIpc) is 2.29. The summed E-state index contributed by atoms with van der Waals surface area (Å²) in [6, 6.07) is 0.541. The van der Waals surface area contributed by atoms with Crippen molar-refractivity contribution >= 4 is 5.69 Å². The van der Waals surface area contributed by atoms with E-state index in [-0.39, 0.29) is 5.54 Å². The lowest BCUT2D eigenvalue weighted by Gasteiger charge is -2.45. The summed E-state index contributed by atoms with van der Waals surface area (Å²) in [5, 5.41) is 3.58. The molecule has 1 aliphatic heterocycles. The maximum Gasteiger partial charge on any atom is 0.115 e. The third-order valence-electron chi connectivity index (χ3n) is 3.17. The number of nitrogens with one attached hydrogen (secondary N) is 1. The SMILES string of the molecule is CCC1CNC(C)(C)CN1c1cncnc1. The highest BCUT2D eigenvalue weighted by molar-refractivity contribution is 5.44. The Bertz CT molecular complexity index is 336. The van der Waals surface area contributed by atoms with E-state index in [9.17, 15) is 0 Å². The summed E-state index contributed by atoms with van der Waals surface area (Å²) in [6.07, 6.45) is 6.52. The number of piperazine rings is 1. The molecule has 2 rings (SSSR count). The maximum absolute atomic E-state index is 4.10. The van der Waals surface area contributed by atoms with Gasteiger partial charge in [0.1, 0.15) is 6.33 Å². The lowest BCUT2D eigenvalue weighted by atomic mass is 9.97. The third kappa shape index (κ3) is 2.32. The summed E-state index contributed by atoms with van der Waals surface area (Å²) >= 11 is 0. The third-order valence-corrected chi connectivity index (χ3v) is 3.17.